The number of nitrogens with two attached hydrogens (primary N) is 1. The van der Waals surface area contributed by atoms with Gasteiger partial charge in [0.1, 0.15) is 0 Å². The van der Waals surface area contributed by atoms with Crippen molar-refractivity contribution in [2.24, 2.45) is 9.98 Å². The van der Waals surface area contributed by atoms with E-state index < -0.39 is 5.51 Å². The third kappa shape index (κ3) is 5.40. The molecule has 0 fully saturated rings. The molecule has 0 saturated carbocycles. The number of fused-ring (bicyclic) bond motifs is 1. The first-order chi connectivity index (χ1) is 12.8. The monoisotopic (exact) mass is 407 g/mol. The minimum atomic E-state index is -4.33. The second-order valence-electron chi connectivity index (χ2n) is 5.53. The molecule has 0 aliphatic carbocycles. The maximum atomic E-state index is 12.5. The Hall–Kier alpha value is -2.19. The molecule has 2 N–H and O–H groups in total. The summed E-state index contributed by atoms with van der Waals surface area (Å²) in [5.41, 5.74) is 3.23. The van der Waals surface area contributed by atoms with E-state index in [1.165, 1.54) is 12.1 Å². The number of nitrogens with zero attached hydrogens (tertiary/aromatic N) is 2. The third-order valence-corrected chi connectivity index (χ3v) is 5.11. The van der Waals surface area contributed by atoms with Gasteiger partial charge in [-0.2, -0.15) is 13.2 Å². The van der Waals surface area contributed by atoms with Crippen LogP contribution in [0.4, 0.5) is 18.9 Å². The number of rotatable bonds is 5. The summed E-state index contributed by atoms with van der Waals surface area (Å²) in [6.45, 7) is 2.03. The van der Waals surface area contributed by atoms with E-state index in [1.807, 2.05) is 43.3 Å². The van der Waals surface area contributed by atoms with E-state index >= 15 is 0 Å². The fourth-order valence-corrected chi connectivity index (χ4v) is 3.74. The molecule has 3 nitrogen and oxygen atoms in total. The van der Waals surface area contributed by atoms with Crippen molar-refractivity contribution in [2.45, 2.75) is 17.3 Å². The molecule has 1 aliphatic heterocycles. The average Bonchev–Trinajstić information content (AvgIpc) is 2.97. The van der Waals surface area contributed by atoms with Gasteiger partial charge in [-0.15, -0.1) is 11.8 Å². The topological polar surface area (TPSA) is 50.7 Å². The van der Waals surface area contributed by atoms with Crippen molar-refractivity contribution in [2.75, 3.05) is 11.5 Å². The molecular formula is C19H16F3N3S2. The number of hydrogen-bond donors (Lipinski definition) is 1. The fraction of sp³-hybridized carbons (Fsp3) is 0.158. The molecular weight excluding hydrogens is 391 g/mol. The molecule has 0 bridgehead atoms. The van der Waals surface area contributed by atoms with Crippen LogP contribution in [0, 0.1) is 0 Å². The van der Waals surface area contributed by atoms with Gasteiger partial charge >= 0.3 is 5.51 Å². The summed E-state index contributed by atoms with van der Waals surface area (Å²) in [6.07, 6.45) is 3.77. The van der Waals surface area contributed by atoms with E-state index in [1.54, 1.807) is 17.8 Å². The first-order valence-corrected chi connectivity index (χ1v) is 9.88. The maximum Gasteiger partial charge on any atom is 0.446 e. The van der Waals surface area contributed by atoms with E-state index in [4.69, 9.17) is 5.73 Å². The van der Waals surface area contributed by atoms with Crippen LogP contribution in [0.25, 0.3) is 6.08 Å². The van der Waals surface area contributed by atoms with E-state index in [-0.39, 0.29) is 16.7 Å². The summed E-state index contributed by atoms with van der Waals surface area (Å²) in [5.74, 6) is 1.31. The van der Waals surface area contributed by atoms with Crippen molar-refractivity contribution < 1.29 is 13.2 Å². The van der Waals surface area contributed by atoms with Gasteiger partial charge in [-0.25, -0.2) is 9.98 Å². The van der Waals surface area contributed by atoms with Gasteiger partial charge < -0.3 is 5.73 Å². The minimum absolute atomic E-state index is 0.0946. The maximum absolute atomic E-state index is 12.5. The molecule has 0 radical (unpaired) electrons. The number of hydrogen-bond acceptors (Lipinski definition) is 5. The van der Waals surface area contributed by atoms with Gasteiger partial charge in [0.05, 0.1) is 10.7 Å². The van der Waals surface area contributed by atoms with Crippen molar-refractivity contribution in [1.29, 1.82) is 0 Å². The van der Waals surface area contributed by atoms with Gasteiger partial charge in [0.25, 0.3) is 0 Å². The number of para-hydroxylation sites is 1. The van der Waals surface area contributed by atoms with Gasteiger partial charge in [-0.1, -0.05) is 25.1 Å². The Morgan fingerprint density at radius 1 is 1.11 bits per heavy atom. The summed E-state index contributed by atoms with van der Waals surface area (Å²) in [5, 5.41) is 1.00. The molecule has 1 aliphatic rings. The molecule has 0 spiro atoms. The Kier molecular flexibility index (Phi) is 5.96. The second kappa shape index (κ2) is 8.22. The number of allylic oxidation sites excluding steroid dienone is 1. The van der Waals surface area contributed by atoms with Crippen LogP contribution in [0.1, 0.15) is 12.5 Å². The summed E-state index contributed by atoms with van der Waals surface area (Å²) < 4.78 is 37.6. The summed E-state index contributed by atoms with van der Waals surface area (Å²) in [6, 6.07) is 11.9. The van der Waals surface area contributed by atoms with Crippen LogP contribution >= 0.6 is 23.5 Å². The largest absolute Gasteiger partial charge is 0.446 e. The second-order valence-corrected chi connectivity index (χ2v) is 8.01. The molecule has 0 unspecified atom stereocenters. The number of thioether (sulfide) groups is 2. The minimum Gasteiger partial charge on any atom is -0.398 e. The molecule has 2 aromatic rings. The lowest BCUT2D eigenvalue weighted by molar-refractivity contribution is -0.0328. The zero-order valence-corrected chi connectivity index (χ0v) is 16.0. The Bertz CT molecular complexity index is 1030. The van der Waals surface area contributed by atoms with Gasteiger partial charge in [-0.3, -0.25) is 0 Å². The highest BCUT2D eigenvalue weighted by Crippen LogP contribution is 2.35. The van der Waals surface area contributed by atoms with Crippen molar-refractivity contribution in [3.63, 3.8) is 0 Å². The van der Waals surface area contributed by atoms with Crippen LogP contribution in [-0.2, 0) is 0 Å². The predicted molar refractivity (Wildman–Crippen MR) is 106 cm³/mol. The van der Waals surface area contributed by atoms with Crippen LogP contribution in [-0.4, -0.2) is 11.3 Å². The van der Waals surface area contributed by atoms with E-state index in [9.17, 15) is 13.2 Å². The van der Waals surface area contributed by atoms with E-state index in [0.29, 0.717) is 22.2 Å². The van der Waals surface area contributed by atoms with Gasteiger partial charge in [0, 0.05) is 15.5 Å². The van der Waals surface area contributed by atoms with Crippen LogP contribution in [0.3, 0.4) is 0 Å². The average molecular weight is 407 g/mol. The fourth-order valence-electron chi connectivity index (χ4n) is 2.44. The Balaban J connectivity index is 1.93. The molecule has 1 heterocycles. The van der Waals surface area contributed by atoms with Crippen LogP contribution in [0.5, 0.6) is 0 Å². The van der Waals surface area contributed by atoms with Gasteiger partial charge in [0.15, 0.2) is 5.82 Å². The molecule has 0 saturated heterocycles. The lowest BCUT2D eigenvalue weighted by Gasteiger charge is -2.03. The number of benzene rings is 2. The number of alkyl halides is 3. The quantitative estimate of drug-likeness (QED) is 0.574. The molecule has 8 heteroatoms. The summed E-state index contributed by atoms with van der Waals surface area (Å²) in [4.78, 5) is 9.77. The van der Waals surface area contributed by atoms with Crippen molar-refractivity contribution in [3.8, 4) is 0 Å². The summed E-state index contributed by atoms with van der Waals surface area (Å²) in [7, 11) is 0. The number of nitrogen functional groups attached to an aromatic ring is 1. The summed E-state index contributed by atoms with van der Waals surface area (Å²) >= 11 is 1.46. The van der Waals surface area contributed by atoms with Crippen molar-refractivity contribution in [1.82, 2.24) is 0 Å². The molecule has 0 atom stereocenters. The molecule has 140 valence electrons. The standard InChI is InChI=1S/C19H16F3N3S2/c1-2-26-14(9-12-5-3-4-6-15(12)23)11-18-24-16-8-7-13(10-17(16)25-18)27-19(20,21)22/h3-11H,2,23H2,1H3. The highest BCUT2D eigenvalue weighted by molar-refractivity contribution is 8.03. The van der Waals surface area contributed by atoms with Crippen molar-refractivity contribution >= 4 is 35.3 Å². The van der Waals surface area contributed by atoms with E-state index in [2.05, 4.69) is 9.98 Å². The first kappa shape index (κ1) is 19.6. The Labute approximate surface area is 163 Å². The smallest absolute Gasteiger partial charge is 0.398 e. The lowest BCUT2D eigenvalue weighted by Crippen LogP contribution is -2.21. The zero-order chi connectivity index (χ0) is 19.4. The normalized spacial score (nSPS) is 15.4. The van der Waals surface area contributed by atoms with Crippen LogP contribution < -0.4 is 16.4 Å². The molecule has 3 rings (SSSR count). The Morgan fingerprint density at radius 3 is 2.56 bits per heavy atom. The third-order valence-electron chi connectivity index (χ3n) is 3.53. The lowest BCUT2D eigenvalue weighted by atomic mass is 10.1. The first-order valence-electron chi connectivity index (χ1n) is 8.08. The number of halogens is 3. The highest BCUT2D eigenvalue weighted by atomic mass is 32.2. The van der Waals surface area contributed by atoms with Crippen LogP contribution in [0.2, 0.25) is 0 Å². The van der Waals surface area contributed by atoms with Crippen LogP contribution in [0.15, 0.2) is 74.1 Å². The molecule has 2 aromatic carbocycles. The Morgan fingerprint density at radius 2 is 1.85 bits per heavy atom. The van der Waals surface area contributed by atoms with Crippen molar-refractivity contribution in [3.05, 3.63) is 75.5 Å². The SMILES string of the molecule is CCSC(C=C1N=c2ccc(SC(F)(F)F)cc2=N1)=Cc1ccccc1N. The van der Waals surface area contributed by atoms with E-state index in [0.717, 1.165) is 16.2 Å². The van der Waals surface area contributed by atoms with Gasteiger partial charge in [-0.05, 0) is 59.5 Å². The highest BCUT2D eigenvalue weighted by Gasteiger charge is 2.29. The zero-order valence-electron chi connectivity index (χ0n) is 14.3. The molecule has 0 amide bonds. The molecule has 27 heavy (non-hydrogen) atoms. The molecule has 0 aromatic heterocycles. The predicted octanol–water partition coefficient (Wildman–Crippen LogP) is 4.77. The number of anilines is 1. The van der Waals surface area contributed by atoms with Gasteiger partial charge in [0.2, 0.25) is 0 Å².